The summed E-state index contributed by atoms with van der Waals surface area (Å²) in [6, 6.07) is 2.15. The summed E-state index contributed by atoms with van der Waals surface area (Å²) in [5, 5.41) is -0.216. The van der Waals surface area contributed by atoms with Gasteiger partial charge in [0.05, 0.1) is 30.8 Å². The zero-order valence-corrected chi connectivity index (χ0v) is 16.3. The summed E-state index contributed by atoms with van der Waals surface area (Å²) < 4.78 is 15.3. The van der Waals surface area contributed by atoms with Crippen LogP contribution in [0.15, 0.2) is 17.0 Å². The highest BCUT2D eigenvalue weighted by molar-refractivity contribution is 8.18. The summed E-state index contributed by atoms with van der Waals surface area (Å²) in [4.78, 5) is 37.6. The molecule has 7 nitrogen and oxygen atoms in total. The Hall–Kier alpha value is -2.19. The molecule has 0 unspecified atom stereocenters. The van der Waals surface area contributed by atoms with Gasteiger partial charge in [-0.2, -0.15) is 0 Å². The quantitative estimate of drug-likeness (QED) is 0.535. The first kappa shape index (κ1) is 20.1. The van der Waals surface area contributed by atoms with E-state index in [9.17, 15) is 14.4 Å². The van der Waals surface area contributed by atoms with E-state index >= 15 is 0 Å². The van der Waals surface area contributed by atoms with Crippen LogP contribution in [0.4, 0.5) is 4.79 Å². The lowest BCUT2D eigenvalue weighted by Crippen LogP contribution is -2.42. The Morgan fingerprint density at radius 3 is 2.46 bits per heavy atom. The number of halogens is 1. The smallest absolute Gasteiger partial charge is 0.329 e. The van der Waals surface area contributed by atoms with Crippen molar-refractivity contribution >= 4 is 46.6 Å². The lowest BCUT2D eigenvalue weighted by molar-refractivity contribution is -0.150. The van der Waals surface area contributed by atoms with Crippen molar-refractivity contribution in [3.63, 3.8) is 0 Å². The molecule has 1 saturated heterocycles. The van der Waals surface area contributed by atoms with Crippen molar-refractivity contribution in [2.45, 2.75) is 19.9 Å². The highest BCUT2D eigenvalue weighted by Gasteiger charge is 2.41. The van der Waals surface area contributed by atoms with Crippen LogP contribution in [0.25, 0.3) is 6.08 Å². The van der Waals surface area contributed by atoms with Crippen molar-refractivity contribution in [3.8, 4) is 11.5 Å². The number of imide groups is 1. The predicted molar refractivity (Wildman–Crippen MR) is 98.5 cm³/mol. The topological polar surface area (TPSA) is 82.1 Å². The molecule has 0 saturated carbocycles. The van der Waals surface area contributed by atoms with E-state index in [1.54, 1.807) is 19.1 Å². The monoisotopic (exact) mass is 399 g/mol. The number of esters is 1. The fourth-order valence-electron chi connectivity index (χ4n) is 2.30. The highest BCUT2D eigenvalue weighted by Crippen LogP contribution is 2.38. The average molecular weight is 400 g/mol. The number of methoxy groups -OCH3 is 2. The largest absolute Gasteiger partial charge is 0.493 e. The molecule has 2 amide bonds. The van der Waals surface area contributed by atoms with Gasteiger partial charge in [-0.15, -0.1) is 0 Å². The lowest BCUT2D eigenvalue weighted by atomic mass is 10.1. The molecule has 2 rings (SSSR count). The SMILES string of the molecule is CCOC(=O)[C@H](C)N1C(=O)S/C(=C\c2cc(OC)c(OC)cc2Cl)C1=O. The average Bonchev–Trinajstić information content (AvgIpc) is 2.89. The Bertz CT molecular complexity index is 779. The Morgan fingerprint density at radius 2 is 1.88 bits per heavy atom. The van der Waals surface area contributed by atoms with Crippen LogP contribution in [-0.2, 0) is 14.3 Å². The molecule has 1 aromatic rings. The van der Waals surface area contributed by atoms with Crippen LogP contribution in [-0.4, -0.2) is 48.9 Å². The molecule has 1 aliphatic rings. The van der Waals surface area contributed by atoms with E-state index in [4.69, 9.17) is 25.8 Å². The minimum absolute atomic E-state index is 0.153. The number of carbonyl (C=O) groups is 3. The second-order valence-electron chi connectivity index (χ2n) is 5.21. The molecule has 1 atom stereocenters. The van der Waals surface area contributed by atoms with Gasteiger partial charge in [0.2, 0.25) is 0 Å². The van der Waals surface area contributed by atoms with Gasteiger partial charge in [-0.25, -0.2) is 4.79 Å². The molecule has 1 aliphatic heterocycles. The maximum atomic E-state index is 12.6. The molecule has 0 bridgehead atoms. The van der Waals surface area contributed by atoms with Crippen molar-refractivity contribution in [3.05, 3.63) is 27.6 Å². The molecule has 0 spiro atoms. The maximum absolute atomic E-state index is 12.6. The van der Waals surface area contributed by atoms with Gasteiger partial charge >= 0.3 is 5.97 Å². The predicted octanol–water partition coefficient (Wildman–Crippen LogP) is 3.35. The maximum Gasteiger partial charge on any atom is 0.329 e. The summed E-state index contributed by atoms with van der Waals surface area (Å²) >= 11 is 6.95. The first-order valence-corrected chi connectivity index (χ1v) is 8.88. The zero-order chi connectivity index (χ0) is 19.4. The summed E-state index contributed by atoms with van der Waals surface area (Å²) in [6.45, 7) is 3.26. The van der Waals surface area contributed by atoms with Crippen LogP contribution >= 0.6 is 23.4 Å². The molecule has 0 aromatic heterocycles. The first-order chi connectivity index (χ1) is 12.3. The molecular formula is C17H18ClNO6S. The second kappa shape index (κ2) is 8.46. The van der Waals surface area contributed by atoms with E-state index in [0.29, 0.717) is 22.1 Å². The number of amides is 2. The normalized spacial score (nSPS) is 16.8. The number of carbonyl (C=O) groups excluding carboxylic acids is 3. The number of nitrogens with zero attached hydrogens (tertiary/aromatic N) is 1. The number of rotatable bonds is 6. The van der Waals surface area contributed by atoms with Gasteiger partial charge in [-0.1, -0.05) is 11.6 Å². The van der Waals surface area contributed by atoms with Crippen molar-refractivity contribution < 1.29 is 28.6 Å². The molecule has 0 N–H and O–H groups in total. The molecule has 26 heavy (non-hydrogen) atoms. The van der Waals surface area contributed by atoms with Crippen molar-refractivity contribution in [1.82, 2.24) is 4.90 Å². The molecule has 0 aliphatic carbocycles. The van der Waals surface area contributed by atoms with Crippen molar-refractivity contribution in [2.75, 3.05) is 20.8 Å². The lowest BCUT2D eigenvalue weighted by Gasteiger charge is -2.19. The van der Waals surface area contributed by atoms with E-state index in [0.717, 1.165) is 16.7 Å². The van der Waals surface area contributed by atoms with Crippen LogP contribution in [0.3, 0.4) is 0 Å². The Balaban J connectivity index is 2.34. The fourth-order valence-corrected chi connectivity index (χ4v) is 3.41. The minimum Gasteiger partial charge on any atom is -0.493 e. The number of ether oxygens (including phenoxy) is 3. The van der Waals surface area contributed by atoms with Crippen molar-refractivity contribution in [2.24, 2.45) is 0 Å². The van der Waals surface area contributed by atoms with Crippen LogP contribution in [0, 0.1) is 0 Å². The molecule has 0 radical (unpaired) electrons. The van der Waals surface area contributed by atoms with Gasteiger partial charge in [0.1, 0.15) is 6.04 Å². The Kier molecular flexibility index (Phi) is 6.55. The molecule has 1 fully saturated rings. The Labute approximate surface area is 160 Å². The van der Waals surface area contributed by atoms with Gasteiger partial charge in [0, 0.05) is 6.07 Å². The fraction of sp³-hybridized carbons (Fsp3) is 0.353. The van der Waals surface area contributed by atoms with Gasteiger partial charge in [0.25, 0.3) is 11.1 Å². The molecular weight excluding hydrogens is 382 g/mol. The van der Waals surface area contributed by atoms with E-state index in [2.05, 4.69) is 0 Å². The third-order valence-electron chi connectivity index (χ3n) is 3.63. The number of benzene rings is 1. The third-order valence-corrected chi connectivity index (χ3v) is 4.84. The molecule has 1 aromatic carbocycles. The van der Waals surface area contributed by atoms with E-state index in [-0.39, 0.29) is 11.5 Å². The van der Waals surface area contributed by atoms with Crippen LogP contribution in [0.5, 0.6) is 11.5 Å². The number of hydrogen-bond acceptors (Lipinski definition) is 7. The molecule has 9 heteroatoms. The van der Waals surface area contributed by atoms with Gasteiger partial charge in [-0.3, -0.25) is 14.5 Å². The summed E-state index contributed by atoms with van der Waals surface area (Å²) in [5.41, 5.74) is 0.485. The summed E-state index contributed by atoms with van der Waals surface area (Å²) in [7, 11) is 2.96. The first-order valence-electron chi connectivity index (χ1n) is 7.69. The highest BCUT2D eigenvalue weighted by atomic mass is 35.5. The molecule has 1 heterocycles. The summed E-state index contributed by atoms with van der Waals surface area (Å²) in [6.07, 6.45) is 1.48. The molecule has 140 valence electrons. The zero-order valence-electron chi connectivity index (χ0n) is 14.7. The number of thioether (sulfide) groups is 1. The van der Waals surface area contributed by atoms with Gasteiger partial charge < -0.3 is 14.2 Å². The standard InChI is InChI=1S/C17H18ClNO6S/c1-5-25-16(21)9(2)19-15(20)14(26-17(19)22)7-10-6-12(23-3)13(24-4)8-11(10)18/h6-9H,5H2,1-4H3/b14-7-/t9-/m0/s1. The Morgan fingerprint density at radius 1 is 1.27 bits per heavy atom. The minimum atomic E-state index is -1.01. The van der Waals surface area contributed by atoms with Crippen LogP contribution in [0.2, 0.25) is 5.02 Å². The number of hydrogen-bond donors (Lipinski definition) is 0. The van der Waals surface area contributed by atoms with E-state index in [1.807, 2.05) is 0 Å². The van der Waals surface area contributed by atoms with Crippen LogP contribution < -0.4 is 9.47 Å². The van der Waals surface area contributed by atoms with Crippen LogP contribution in [0.1, 0.15) is 19.4 Å². The van der Waals surface area contributed by atoms with Gasteiger partial charge in [-0.05, 0) is 43.3 Å². The van der Waals surface area contributed by atoms with Crippen molar-refractivity contribution in [1.29, 1.82) is 0 Å². The summed E-state index contributed by atoms with van der Waals surface area (Å²) in [5.74, 6) is -0.340. The van der Waals surface area contributed by atoms with E-state index < -0.39 is 23.2 Å². The third kappa shape index (κ3) is 3.96. The second-order valence-corrected chi connectivity index (χ2v) is 6.61. The van der Waals surface area contributed by atoms with Gasteiger partial charge in [0.15, 0.2) is 11.5 Å². The van der Waals surface area contributed by atoms with E-state index in [1.165, 1.54) is 27.2 Å².